The van der Waals surface area contributed by atoms with Crippen LogP contribution in [0.1, 0.15) is 13.4 Å². The fourth-order valence-corrected chi connectivity index (χ4v) is 1.14. The fourth-order valence-electron chi connectivity index (χ4n) is 0.971. The van der Waals surface area contributed by atoms with Crippen molar-refractivity contribution in [1.29, 1.82) is 0 Å². The maximum Gasteiger partial charge on any atom is 1.00 e. The molecule has 0 heterocycles. The van der Waals surface area contributed by atoms with Gasteiger partial charge in [0.15, 0.2) is 0 Å². The number of halogens is 1. The average Bonchev–Trinajstić information content (AvgIpc) is 2.17. The number of rotatable bonds is 4. The predicted octanol–water partition coefficient (Wildman–Crippen LogP) is -0.952. The molecule has 1 N–H and O–H groups in total. The first-order chi connectivity index (χ1) is 6.33. The molecule has 1 rings (SSSR count). The van der Waals surface area contributed by atoms with E-state index in [9.17, 15) is 4.79 Å². The van der Waals surface area contributed by atoms with Crippen molar-refractivity contribution in [3.63, 3.8) is 0 Å². The smallest absolute Gasteiger partial charge is 1.00 e. The summed E-state index contributed by atoms with van der Waals surface area (Å²) in [5.74, 6) is 0.375. The van der Waals surface area contributed by atoms with E-state index in [4.69, 9.17) is 11.6 Å². The van der Waals surface area contributed by atoms with Crippen LogP contribution in [-0.4, -0.2) is 11.8 Å². The number of hydrogen-bond acceptors (Lipinski definition) is 1. The summed E-state index contributed by atoms with van der Waals surface area (Å²) in [7, 11) is 0. The second-order valence-electron chi connectivity index (χ2n) is 2.70. The van der Waals surface area contributed by atoms with Gasteiger partial charge in [0, 0.05) is 18.8 Å². The summed E-state index contributed by atoms with van der Waals surface area (Å²) in [4.78, 5) is 11.0. The first-order valence-corrected chi connectivity index (χ1v) is 4.73. The molecular weight excluding hydrogens is 193 g/mol. The van der Waals surface area contributed by atoms with Gasteiger partial charge in [-0.3, -0.25) is 4.79 Å². The molecule has 4 heteroatoms. The third kappa shape index (κ3) is 5.34. The zero-order valence-corrected chi connectivity index (χ0v) is 9.05. The molecule has 0 saturated carbocycles. The molecular formula is C10H13ClLiNO. The SMILES string of the molecule is O=C(CCCl)NCc1ccccc1.[H-].[Li+]. The van der Waals surface area contributed by atoms with E-state index in [1.54, 1.807) is 0 Å². The minimum atomic E-state index is -0.00106. The molecule has 0 spiro atoms. The van der Waals surface area contributed by atoms with Gasteiger partial charge in [-0.2, -0.15) is 0 Å². The van der Waals surface area contributed by atoms with E-state index in [0.717, 1.165) is 5.56 Å². The average molecular weight is 206 g/mol. The van der Waals surface area contributed by atoms with Crippen LogP contribution in [0.2, 0.25) is 0 Å². The Morgan fingerprint density at radius 2 is 2.00 bits per heavy atom. The number of carbonyl (C=O) groups excluding carboxylic acids is 1. The van der Waals surface area contributed by atoms with Crippen LogP contribution in [0.3, 0.4) is 0 Å². The Kier molecular flexibility index (Phi) is 7.69. The number of nitrogens with one attached hydrogen (secondary N) is 1. The summed E-state index contributed by atoms with van der Waals surface area (Å²) in [6.07, 6.45) is 0.383. The van der Waals surface area contributed by atoms with Crippen molar-refractivity contribution < 1.29 is 25.1 Å². The predicted molar refractivity (Wildman–Crippen MR) is 54.7 cm³/mol. The third-order valence-electron chi connectivity index (χ3n) is 1.65. The van der Waals surface area contributed by atoms with Gasteiger partial charge >= 0.3 is 18.9 Å². The molecule has 0 aliphatic carbocycles. The van der Waals surface area contributed by atoms with Gasteiger partial charge in [-0.1, -0.05) is 30.3 Å². The fraction of sp³-hybridized carbons (Fsp3) is 0.300. The molecule has 0 saturated heterocycles. The molecule has 0 atom stereocenters. The molecule has 0 radical (unpaired) electrons. The van der Waals surface area contributed by atoms with E-state index in [-0.39, 0.29) is 26.2 Å². The number of benzene rings is 1. The molecule has 1 amide bonds. The number of carbonyl (C=O) groups is 1. The summed E-state index contributed by atoms with van der Waals surface area (Å²) in [6, 6.07) is 9.79. The molecule has 14 heavy (non-hydrogen) atoms. The van der Waals surface area contributed by atoms with E-state index >= 15 is 0 Å². The summed E-state index contributed by atoms with van der Waals surface area (Å²) in [5, 5.41) is 2.78. The van der Waals surface area contributed by atoms with Crippen molar-refractivity contribution >= 4 is 17.5 Å². The molecule has 0 aromatic heterocycles. The van der Waals surface area contributed by atoms with E-state index in [1.165, 1.54) is 0 Å². The molecule has 72 valence electrons. The molecule has 0 bridgehead atoms. The van der Waals surface area contributed by atoms with Gasteiger partial charge < -0.3 is 6.74 Å². The van der Waals surface area contributed by atoms with Crippen LogP contribution in [0, 0.1) is 0 Å². The van der Waals surface area contributed by atoms with Gasteiger partial charge in [0.05, 0.1) is 0 Å². The van der Waals surface area contributed by atoms with Crippen LogP contribution in [0.25, 0.3) is 0 Å². The molecule has 0 aliphatic rings. The topological polar surface area (TPSA) is 29.1 Å². The largest absolute Gasteiger partial charge is 1.00 e. The van der Waals surface area contributed by atoms with E-state index in [2.05, 4.69) is 5.32 Å². The minimum Gasteiger partial charge on any atom is -1.00 e. The van der Waals surface area contributed by atoms with Crippen molar-refractivity contribution in [2.75, 3.05) is 5.88 Å². The van der Waals surface area contributed by atoms with Gasteiger partial charge in [0.25, 0.3) is 0 Å². The van der Waals surface area contributed by atoms with E-state index < -0.39 is 0 Å². The monoisotopic (exact) mass is 205 g/mol. The second kappa shape index (κ2) is 7.93. The van der Waals surface area contributed by atoms with Crippen molar-refractivity contribution in [2.45, 2.75) is 13.0 Å². The maximum absolute atomic E-state index is 11.0. The Bertz CT molecular complexity index is 271. The van der Waals surface area contributed by atoms with Crippen LogP contribution in [0.15, 0.2) is 30.3 Å². The van der Waals surface area contributed by atoms with Gasteiger partial charge in [0.2, 0.25) is 5.91 Å². The van der Waals surface area contributed by atoms with Gasteiger partial charge in [-0.15, -0.1) is 11.6 Å². The van der Waals surface area contributed by atoms with Crippen molar-refractivity contribution in [3.05, 3.63) is 35.9 Å². The molecule has 1 aromatic rings. The van der Waals surface area contributed by atoms with Crippen LogP contribution in [0.4, 0.5) is 0 Å². The summed E-state index contributed by atoms with van der Waals surface area (Å²) in [5.41, 5.74) is 1.10. The Balaban J connectivity index is 0. The summed E-state index contributed by atoms with van der Waals surface area (Å²) >= 11 is 5.42. The standard InChI is InChI=1S/C10H12ClNO.Li.H/c11-7-6-10(13)12-8-9-4-2-1-3-5-9;;/h1-5H,6-8H2,(H,12,13);;/q;+1;-1. The molecule has 2 nitrogen and oxygen atoms in total. The Morgan fingerprint density at radius 3 is 2.57 bits per heavy atom. The van der Waals surface area contributed by atoms with E-state index in [0.29, 0.717) is 18.8 Å². The zero-order chi connectivity index (χ0) is 9.52. The second-order valence-corrected chi connectivity index (χ2v) is 3.08. The number of alkyl halides is 1. The molecule has 0 unspecified atom stereocenters. The van der Waals surface area contributed by atoms with Crippen LogP contribution < -0.4 is 24.2 Å². The van der Waals surface area contributed by atoms with Gasteiger partial charge in [0.1, 0.15) is 0 Å². The normalized spacial score (nSPS) is 8.93. The first kappa shape index (κ1) is 13.6. The Labute approximate surface area is 103 Å². The first-order valence-electron chi connectivity index (χ1n) is 4.19. The summed E-state index contributed by atoms with van der Waals surface area (Å²) < 4.78 is 0. The van der Waals surface area contributed by atoms with Crippen LogP contribution >= 0.6 is 11.6 Å². The van der Waals surface area contributed by atoms with Crippen molar-refractivity contribution in [1.82, 2.24) is 5.32 Å². The van der Waals surface area contributed by atoms with Crippen molar-refractivity contribution in [3.8, 4) is 0 Å². The van der Waals surface area contributed by atoms with Gasteiger partial charge in [-0.05, 0) is 5.56 Å². The molecule has 0 aliphatic heterocycles. The minimum absolute atomic E-state index is 0. The third-order valence-corrected chi connectivity index (χ3v) is 1.84. The Hall–Kier alpha value is -0.423. The number of hydrogen-bond donors (Lipinski definition) is 1. The zero-order valence-electron chi connectivity index (χ0n) is 9.29. The van der Waals surface area contributed by atoms with Crippen LogP contribution in [-0.2, 0) is 11.3 Å². The summed E-state index contributed by atoms with van der Waals surface area (Å²) in [6.45, 7) is 0.580. The van der Waals surface area contributed by atoms with Gasteiger partial charge in [-0.25, -0.2) is 0 Å². The number of amides is 1. The maximum atomic E-state index is 11.0. The molecule has 1 aromatic carbocycles. The van der Waals surface area contributed by atoms with Crippen LogP contribution in [0.5, 0.6) is 0 Å². The quantitative estimate of drug-likeness (QED) is 0.499. The van der Waals surface area contributed by atoms with E-state index in [1.807, 2.05) is 30.3 Å². The van der Waals surface area contributed by atoms with Crippen molar-refractivity contribution in [2.24, 2.45) is 0 Å². The molecule has 0 fully saturated rings. The Morgan fingerprint density at radius 1 is 1.36 bits per heavy atom.